The lowest BCUT2D eigenvalue weighted by atomic mass is 10.1. The highest BCUT2D eigenvalue weighted by molar-refractivity contribution is 7.89. The Balaban J connectivity index is 1.98. The van der Waals surface area contributed by atoms with E-state index in [-0.39, 0.29) is 6.04 Å². The van der Waals surface area contributed by atoms with Gasteiger partial charge in [-0.05, 0) is 38.8 Å². The molecule has 18 heavy (non-hydrogen) atoms. The summed E-state index contributed by atoms with van der Waals surface area (Å²) < 4.78 is 27.1. The van der Waals surface area contributed by atoms with Gasteiger partial charge < -0.3 is 5.32 Å². The van der Waals surface area contributed by atoms with Crippen LogP contribution in [0.15, 0.2) is 11.0 Å². The third-order valence-electron chi connectivity index (χ3n) is 3.98. The summed E-state index contributed by atoms with van der Waals surface area (Å²) in [6.45, 7) is 6.28. The van der Waals surface area contributed by atoms with E-state index in [1.807, 2.05) is 19.9 Å². The van der Waals surface area contributed by atoms with Gasteiger partial charge in [0.2, 0.25) is 10.0 Å². The Morgan fingerprint density at radius 3 is 2.83 bits per heavy atom. The van der Waals surface area contributed by atoms with Crippen LogP contribution in [-0.4, -0.2) is 38.4 Å². The number of hydrogen-bond donors (Lipinski definition) is 1. The first-order chi connectivity index (χ1) is 8.50. The Kier molecular flexibility index (Phi) is 3.01. The quantitative estimate of drug-likeness (QED) is 0.893. The summed E-state index contributed by atoms with van der Waals surface area (Å²) >= 11 is 1.56. The first-order valence-electron chi connectivity index (χ1n) is 6.30. The molecule has 1 aromatic rings. The highest BCUT2D eigenvalue weighted by Gasteiger charge is 2.44. The first-order valence-corrected chi connectivity index (χ1v) is 8.55. The van der Waals surface area contributed by atoms with Crippen molar-refractivity contribution in [3.05, 3.63) is 15.8 Å². The van der Waals surface area contributed by atoms with Gasteiger partial charge in [-0.3, -0.25) is 0 Å². The Labute approximate surface area is 112 Å². The molecular formula is C12H18N2O2S2. The Morgan fingerprint density at radius 1 is 1.39 bits per heavy atom. The molecule has 4 nitrogen and oxygen atoms in total. The molecule has 0 aromatic carbocycles. The van der Waals surface area contributed by atoms with Gasteiger partial charge >= 0.3 is 0 Å². The number of aryl methyl sites for hydroxylation is 2. The third-order valence-corrected chi connectivity index (χ3v) is 7.12. The molecule has 6 heteroatoms. The molecule has 0 unspecified atom stereocenters. The molecule has 1 aromatic heterocycles. The summed E-state index contributed by atoms with van der Waals surface area (Å²) in [5.41, 5.74) is 0. The topological polar surface area (TPSA) is 49.4 Å². The number of nitrogens with one attached hydrogen (secondary N) is 1. The van der Waals surface area contributed by atoms with Crippen LogP contribution < -0.4 is 5.32 Å². The van der Waals surface area contributed by atoms with Crippen LogP contribution in [0.5, 0.6) is 0 Å². The van der Waals surface area contributed by atoms with E-state index in [9.17, 15) is 8.42 Å². The minimum Gasteiger partial charge on any atom is -0.315 e. The van der Waals surface area contributed by atoms with Crippen molar-refractivity contribution in [2.24, 2.45) is 5.92 Å². The van der Waals surface area contributed by atoms with Gasteiger partial charge in [-0.15, -0.1) is 11.3 Å². The second-order valence-corrected chi connectivity index (χ2v) is 8.49. The largest absolute Gasteiger partial charge is 0.315 e. The van der Waals surface area contributed by atoms with Crippen LogP contribution in [0.2, 0.25) is 0 Å². The Hall–Kier alpha value is -0.430. The third kappa shape index (κ3) is 1.82. The maximum atomic E-state index is 12.7. The second kappa shape index (κ2) is 4.30. The lowest BCUT2D eigenvalue weighted by Crippen LogP contribution is -2.39. The summed E-state index contributed by atoms with van der Waals surface area (Å²) in [7, 11) is -3.30. The first kappa shape index (κ1) is 12.6. The van der Waals surface area contributed by atoms with Gasteiger partial charge in [0.05, 0.1) is 4.90 Å². The Bertz CT molecular complexity index is 565. The molecule has 0 radical (unpaired) electrons. The van der Waals surface area contributed by atoms with Crippen molar-refractivity contribution in [3.8, 4) is 0 Å². The molecule has 1 N–H and O–H groups in total. The van der Waals surface area contributed by atoms with Gasteiger partial charge in [-0.2, -0.15) is 4.31 Å². The fourth-order valence-electron chi connectivity index (χ4n) is 3.10. The van der Waals surface area contributed by atoms with Crippen molar-refractivity contribution in [1.29, 1.82) is 0 Å². The zero-order valence-corrected chi connectivity index (χ0v) is 12.3. The van der Waals surface area contributed by atoms with Crippen molar-refractivity contribution < 1.29 is 8.42 Å². The van der Waals surface area contributed by atoms with Crippen molar-refractivity contribution in [1.82, 2.24) is 9.62 Å². The van der Waals surface area contributed by atoms with Gasteiger partial charge in [-0.25, -0.2) is 8.42 Å². The zero-order valence-electron chi connectivity index (χ0n) is 10.6. The van der Waals surface area contributed by atoms with Crippen LogP contribution in [-0.2, 0) is 10.0 Å². The van der Waals surface area contributed by atoms with E-state index >= 15 is 0 Å². The summed E-state index contributed by atoms with van der Waals surface area (Å²) in [4.78, 5) is 2.48. The lowest BCUT2D eigenvalue weighted by Gasteiger charge is -2.22. The molecule has 0 amide bonds. The standard InChI is InChI=1S/C12H18N2O2S2/c1-8-5-12(9(2)17-8)18(15,16)14-4-3-10-6-13-7-11(10)14/h5,10-11,13H,3-4,6-7H2,1-2H3/t10-,11+/m1/s1. The number of rotatable bonds is 2. The molecular weight excluding hydrogens is 268 g/mol. The molecule has 2 atom stereocenters. The van der Waals surface area contributed by atoms with Crippen LogP contribution in [0.3, 0.4) is 0 Å². The van der Waals surface area contributed by atoms with E-state index in [0.29, 0.717) is 17.4 Å². The molecule has 0 spiro atoms. The van der Waals surface area contributed by atoms with Crippen LogP contribution in [0.25, 0.3) is 0 Å². The van der Waals surface area contributed by atoms with Crippen LogP contribution in [0, 0.1) is 19.8 Å². The molecule has 0 saturated carbocycles. The highest BCUT2D eigenvalue weighted by atomic mass is 32.2. The van der Waals surface area contributed by atoms with E-state index in [1.54, 1.807) is 15.6 Å². The van der Waals surface area contributed by atoms with Gasteiger partial charge in [-0.1, -0.05) is 0 Å². The van der Waals surface area contributed by atoms with Crippen LogP contribution in [0.4, 0.5) is 0 Å². The van der Waals surface area contributed by atoms with E-state index in [4.69, 9.17) is 0 Å². The normalized spacial score (nSPS) is 28.8. The van der Waals surface area contributed by atoms with Crippen molar-refractivity contribution in [3.63, 3.8) is 0 Å². The molecule has 0 aliphatic carbocycles. The molecule has 3 heterocycles. The second-order valence-electron chi connectivity index (χ2n) is 5.17. The van der Waals surface area contributed by atoms with E-state index in [0.717, 1.165) is 29.3 Å². The van der Waals surface area contributed by atoms with Crippen LogP contribution in [0.1, 0.15) is 16.2 Å². The highest BCUT2D eigenvalue weighted by Crippen LogP contribution is 2.35. The number of thiophene rings is 1. The van der Waals surface area contributed by atoms with E-state index in [1.165, 1.54) is 0 Å². The van der Waals surface area contributed by atoms with Gasteiger partial charge in [0.25, 0.3) is 0 Å². The molecule has 2 saturated heterocycles. The summed E-state index contributed by atoms with van der Waals surface area (Å²) in [5, 5.41) is 3.29. The van der Waals surface area contributed by atoms with Gasteiger partial charge in [0.15, 0.2) is 0 Å². The molecule has 2 aliphatic rings. The fourth-order valence-corrected chi connectivity index (χ4v) is 6.32. The zero-order chi connectivity index (χ0) is 12.9. The van der Waals surface area contributed by atoms with Gasteiger partial charge in [0.1, 0.15) is 0 Å². The molecule has 2 fully saturated rings. The van der Waals surface area contributed by atoms with Crippen molar-refractivity contribution in [2.45, 2.75) is 31.2 Å². The summed E-state index contributed by atoms with van der Waals surface area (Å²) in [5.74, 6) is 0.500. The van der Waals surface area contributed by atoms with Crippen molar-refractivity contribution >= 4 is 21.4 Å². The maximum absolute atomic E-state index is 12.7. The molecule has 2 aliphatic heterocycles. The summed E-state index contributed by atoms with van der Waals surface area (Å²) in [6.07, 6.45) is 0.985. The van der Waals surface area contributed by atoms with E-state index < -0.39 is 10.0 Å². The average molecular weight is 286 g/mol. The molecule has 3 rings (SSSR count). The Morgan fingerprint density at radius 2 is 2.17 bits per heavy atom. The number of hydrogen-bond acceptors (Lipinski definition) is 4. The number of sulfonamides is 1. The van der Waals surface area contributed by atoms with Crippen molar-refractivity contribution in [2.75, 3.05) is 19.6 Å². The molecule has 100 valence electrons. The van der Waals surface area contributed by atoms with Crippen LogP contribution >= 0.6 is 11.3 Å². The maximum Gasteiger partial charge on any atom is 0.244 e. The SMILES string of the molecule is Cc1cc(S(=O)(=O)N2CC[C@@H]3CNC[C@@H]32)c(C)s1. The minimum atomic E-state index is -3.30. The monoisotopic (exact) mass is 286 g/mol. The predicted molar refractivity (Wildman–Crippen MR) is 72.4 cm³/mol. The average Bonchev–Trinajstić information content (AvgIpc) is 2.91. The molecule has 0 bridgehead atoms. The summed E-state index contributed by atoms with van der Waals surface area (Å²) in [6, 6.07) is 1.97. The predicted octanol–water partition coefficient (Wildman–Crippen LogP) is 1.35. The van der Waals surface area contributed by atoms with E-state index in [2.05, 4.69) is 5.32 Å². The fraction of sp³-hybridized carbons (Fsp3) is 0.667. The minimum absolute atomic E-state index is 0.162. The number of fused-ring (bicyclic) bond motifs is 1. The van der Waals surface area contributed by atoms with Gasteiger partial charge in [0, 0.05) is 28.9 Å². The smallest absolute Gasteiger partial charge is 0.244 e. The number of nitrogens with zero attached hydrogens (tertiary/aromatic N) is 1. The lowest BCUT2D eigenvalue weighted by molar-refractivity contribution is 0.383.